The molecule has 0 aromatic rings. The van der Waals surface area contributed by atoms with Gasteiger partial charge in [-0.2, -0.15) is 0 Å². The molecule has 2 fully saturated rings. The van der Waals surface area contributed by atoms with Gasteiger partial charge in [0.2, 0.25) is 0 Å². The second-order valence-electron chi connectivity index (χ2n) is 4.91. The second kappa shape index (κ2) is 4.31. The number of aliphatic hydroxyl groups is 1. The van der Waals surface area contributed by atoms with Gasteiger partial charge in [0, 0.05) is 26.1 Å². The molecule has 0 radical (unpaired) electrons. The Morgan fingerprint density at radius 3 is 3.00 bits per heavy atom. The fraction of sp³-hybridized carbons (Fsp3) is 0.909. The summed E-state index contributed by atoms with van der Waals surface area (Å²) in [6.07, 6.45) is 1.85. The maximum absolute atomic E-state index is 10.9. The van der Waals surface area contributed by atoms with Gasteiger partial charge in [0.15, 0.2) is 0 Å². The first kappa shape index (κ1) is 11.8. The number of aliphatic hydroxyl groups excluding tert-OH is 1. The molecule has 5 heteroatoms. The Balaban J connectivity index is 1.98. The molecular weight excluding hydrogens is 210 g/mol. The monoisotopic (exact) mass is 229 g/mol. The lowest BCUT2D eigenvalue weighted by atomic mass is 9.91. The molecule has 0 saturated carbocycles. The van der Waals surface area contributed by atoms with Gasteiger partial charge in [0.1, 0.15) is 6.04 Å². The Bertz CT molecular complexity index is 283. The maximum Gasteiger partial charge on any atom is 0.320 e. The van der Waals surface area contributed by atoms with Gasteiger partial charge in [0.05, 0.1) is 11.7 Å². The lowest BCUT2D eigenvalue weighted by Gasteiger charge is -2.36. The van der Waals surface area contributed by atoms with E-state index in [1.165, 1.54) is 0 Å². The minimum absolute atomic E-state index is 0.297. The highest BCUT2D eigenvalue weighted by atomic mass is 16.5. The van der Waals surface area contributed by atoms with E-state index >= 15 is 0 Å². The van der Waals surface area contributed by atoms with Crippen LogP contribution >= 0.6 is 0 Å². The summed E-state index contributed by atoms with van der Waals surface area (Å²) in [7, 11) is 0. The average molecular weight is 229 g/mol. The third-order valence-corrected chi connectivity index (χ3v) is 3.72. The lowest BCUT2D eigenvalue weighted by Crippen LogP contribution is -2.46. The van der Waals surface area contributed by atoms with Crippen molar-refractivity contribution < 1.29 is 19.7 Å². The zero-order chi connectivity index (χ0) is 11.8. The second-order valence-corrected chi connectivity index (χ2v) is 4.91. The standard InChI is InChI=1S/C11H19NO4/c1-8(10(14)15)12-4-3-11(7-12)6-9(13)2-5-16-11/h8-9,13H,2-7H2,1H3,(H,14,15)/t8-,9+,11-/m1/s1. The molecule has 16 heavy (non-hydrogen) atoms. The van der Waals surface area contributed by atoms with E-state index in [1.807, 2.05) is 4.90 Å². The van der Waals surface area contributed by atoms with Crippen LogP contribution in [0.4, 0.5) is 0 Å². The van der Waals surface area contributed by atoms with E-state index in [4.69, 9.17) is 9.84 Å². The van der Waals surface area contributed by atoms with Crippen LogP contribution in [0.5, 0.6) is 0 Å². The summed E-state index contributed by atoms with van der Waals surface area (Å²) in [5.41, 5.74) is -0.304. The number of hydrogen-bond donors (Lipinski definition) is 2. The topological polar surface area (TPSA) is 70.0 Å². The van der Waals surface area contributed by atoms with Crippen LogP contribution in [0.25, 0.3) is 0 Å². The molecule has 0 unspecified atom stereocenters. The van der Waals surface area contributed by atoms with Crippen molar-refractivity contribution in [1.29, 1.82) is 0 Å². The number of nitrogens with zero attached hydrogens (tertiary/aromatic N) is 1. The van der Waals surface area contributed by atoms with Gasteiger partial charge in [-0.25, -0.2) is 0 Å². The molecule has 0 bridgehead atoms. The van der Waals surface area contributed by atoms with Crippen molar-refractivity contribution in [2.24, 2.45) is 0 Å². The minimum Gasteiger partial charge on any atom is -0.480 e. The predicted molar refractivity (Wildman–Crippen MR) is 57.2 cm³/mol. The molecule has 0 aliphatic carbocycles. The van der Waals surface area contributed by atoms with Crippen molar-refractivity contribution in [2.45, 2.75) is 43.9 Å². The van der Waals surface area contributed by atoms with E-state index in [1.54, 1.807) is 6.92 Å². The average Bonchev–Trinajstić information content (AvgIpc) is 2.60. The molecule has 2 aliphatic heterocycles. The van der Waals surface area contributed by atoms with E-state index in [9.17, 15) is 9.90 Å². The van der Waals surface area contributed by atoms with Crippen molar-refractivity contribution in [3.63, 3.8) is 0 Å². The van der Waals surface area contributed by atoms with Crippen molar-refractivity contribution in [3.8, 4) is 0 Å². The van der Waals surface area contributed by atoms with Crippen LogP contribution in [0.2, 0.25) is 0 Å². The molecule has 2 heterocycles. The van der Waals surface area contributed by atoms with Gasteiger partial charge >= 0.3 is 5.97 Å². The molecule has 0 amide bonds. The molecule has 2 N–H and O–H groups in total. The van der Waals surface area contributed by atoms with E-state index in [2.05, 4.69) is 0 Å². The Labute approximate surface area is 95.0 Å². The number of likely N-dealkylation sites (tertiary alicyclic amines) is 1. The van der Waals surface area contributed by atoms with E-state index < -0.39 is 12.0 Å². The molecule has 0 aromatic heterocycles. The molecule has 2 aliphatic rings. The van der Waals surface area contributed by atoms with Crippen LogP contribution < -0.4 is 0 Å². The van der Waals surface area contributed by atoms with Gasteiger partial charge in [-0.15, -0.1) is 0 Å². The number of hydrogen-bond acceptors (Lipinski definition) is 4. The van der Waals surface area contributed by atoms with E-state index in [0.717, 1.165) is 13.0 Å². The fourth-order valence-electron chi connectivity index (χ4n) is 2.65. The van der Waals surface area contributed by atoms with Gasteiger partial charge in [-0.1, -0.05) is 0 Å². The van der Waals surface area contributed by atoms with Crippen LogP contribution in [-0.2, 0) is 9.53 Å². The van der Waals surface area contributed by atoms with Crippen LogP contribution in [0.1, 0.15) is 26.2 Å². The Morgan fingerprint density at radius 2 is 2.38 bits per heavy atom. The summed E-state index contributed by atoms with van der Waals surface area (Å²) in [5, 5.41) is 18.6. The SMILES string of the molecule is C[C@H](C(=O)O)N1CC[C@@]2(C[C@@H](O)CCO2)C1. The summed E-state index contributed by atoms with van der Waals surface area (Å²) >= 11 is 0. The molecule has 92 valence electrons. The fourth-order valence-corrected chi connectivity index (χ4v) is 2.65. The molecule has 5 nitrogen and oxygen atoms in total. The van der Waals surface area contributed by atoms with Crippen molar-refractivity contribution in [2.75, 3.05) is 19.7 Å². The number of carbonyl (C=O) groups is 1. The number of carboxylic acids is 1. The summed E-state index contributed by atoms with van der Waals surface area (Å²) in [6, 6.07) is -0.470. The first-order valence-corrected chi connectivity index (χ1v) is 5.81. The highest BCUT2D eigenvalue weighted by Crippen LogP contribution is 2.34. The Kier molecular flexibility index (Phi) is 3.19. The molecule has 2 saturated heterocycles. The van der Waals surface area contributed by atoms with Gasteiger partial charge in [-0.05, 0) is 19.8 Å². The molecule has 0 aromatic carbocycles. The smallest absolute Gasteiger partial charge is 0.320 e. The normalized spacial score (nSPS) is 37.8. The van der Waals surface area contributed by atoms with Crippen molar-refractivity contribution >= 4 is 5.97 Å². The van der Waals surface area contributed by atoms with Crippen LogP contribution in [-0.4, -0.2) is 58.5 Å². The number of carboxylic acid groups (broad SMARTS) is 1. The number of ether oxygens (including phenoxy) is 1. The van der Waals surface area contributed by atoms with Gasteiger partial charge < -0.3 is 14.9 Å². The number of aliphatic carboxylic acids is 1. The van der Waals surface area contributed by atoms with E-state index in [0.29, 0.717) is 26.0 Å². The third kappa shape index (κ3) is 2.21. The Hall–Kier alpha value is -0.650. The van der Waals surface area contributed by atoms with Crippen LogP contribution in [0, 0.1) is 0 Å². The van der Waals surface area contributed by atoms with Crippen molar-refractivity contribution in [1.82, 2.24) is 4.90 Å². The van der Waals surface area contributed by atoms with E-state index in [-0.39, 0.29) is 11.7 Å². The summed E-state index contributed by atoms with van der Waals surface area (Å²) in [5.74, 6) is -0.798. The van der Waals surface area contributed by atoms with Gasteiger partial charge in [-0.3, -0.25) is 9.69 Å². The number of rotatable bonds is 2. The quantitative estimate of drug-likeness (QED) is 0.701. The molecule has 1 spiro atoms. The third-order valence-electron chi connectivity index (χ3n) is 3.72. The summed E-state index contributed by atoms with van der Waals surface area (Å²) < 4.78 is 5.76. The zero-order valence-corrected chi connectivity index (χ0v) is 9.56. The lowest BCUT2D eigenvalue weighted by molar-refractivity contribution is -0.143. The maximum atomic E-state index is 10.9. The molecular formula is C11H19NO4. The molecule has 2 rings (SSSR count). The van der Waals surface area contributed by atoms with Crippen molar-refractivity contribution in [3.05, 3.63) is 0 Å². The predicted octanol–water partition coefficient (Wildman–Crippen LogP) is 0.0753. The largest absolute Gasteiger partial charge is 0.480 e. The highest BCUT2D eigenvalue weighted by molar-refractivity contribution is 5.72. The first-order valence-electron chi connectivity index (χ1n) is 5.81. The Morgan fingerprint density at radius 1 is 1.62 bits per heavy atom. The van der Waals surface area contributed by atoms with Crippen LogP contribution in [0.15, 0.2) is 0 Å². The van der Waals surface area contributed by atoms with Crippen LogP contribution in [0.3, 0.4) is 0 Å². The first-order chi connectivity index (χ1) is 7.52. The minimum atomic E-state index is -0.798. The molecule has 3 atom stereocenters. The zero-order valence-electron chi connectivity index (χ0n) is 9.56. The summed E-state index contributed by atoms with van der Waals surface area (Å²) in [6.45, 7) is 3.63. The highest BCUT2D eigenvalue weighted by Gasteiger charge is 2.44. The summed E-state index contributed by atoms with van der Waals surface area (Å²) in [4.78, 5) is 12.8. The van der Waals surface area contributed by atoms with Gasteiger partial charge in [0.25, 0.3) is 0 Å².